The molecule has 16 heavy (non-hydrogen) atoms. The van der Waals surface area contributed by atoms with Crippen LogP contribution in [0, 0.1) is 3.57 Å². The highest BCUT2D eigenvalue weighted by Gasteiger charge is 2.06. The van der Waals surface area contributed by atoms with Crippen molar-refractivity contribution in [2.45, 2.75) is 0 Å². The summed E-state index contributed by atoms with van der Waals surface area (Å²) in [7, 11) is 1.58. The molecule has 2 rings (SSSR count). The van der Waals surface area contributed by atoms with Crippen LogP contribution in [0.1, 0.15) is 10.5 Å². The number of amides is 1. The van der Waals surface area contributed by atoms with Gasteiger partial charge in [0.25, 0.3) is 5.91 Å². The molecular formula is C10H9IN4O. The van der Waals surface area contributed by atoms with Gasteiger partial charge in [0.1, 0.15) is 5.69 Å². The van der Waals surface area contributed by atoms with Gasteiger partial charge in [0.15, 0.2) is 0 Å². The monoisotopic (exact) mass is 328 g/mol. The SMILES string of the molecule is CNC(=O)c1cc(-n2cc(I)cn2)ccn1. The number of carbonyl (C=O) groups is 1. The highest BCUT2D eigenvalue weighted by molar-refractivity contribution is 14.1. The summed E-state index contributed by atoms with van der Waals surface area (Å²) in [5.74, 6) is -0.205. The molecular weight excluding hydrogens is 319 g/mol. The van der Waals surface area contributed by atoms with E-state index in [2.05, 4.69) is 38.0 Å². The zero-order valence-corrected chi connectivity index (χ0v) is 10.7. The van der Waals surface area contributed by atoms with E-state index in [9.17, 15) is 4.79 Å². The van der Waals surface area contributed by atoms with E-state index in [1.54, 1.807) is 36.3 Å². The first-order valence-corrected chi connectivity index (χ1v) is 5.67. The van der Waals surface area contributed by atoms with Crippen LogP contribution in [0.15, 0.2) is 30.7 Å². The van der Waals surface area contributed by atoms with Gasteiger partial charge in [0, 0.05) is 19.4 Å². The molecule has 0 aliphatic rings. The van der Waals surface area contributed by atoms with Crippen LogP contribution in [0.4, 0.5) is 0 Å². The van der Waals surface area contributed by atoms with Gasteiger partial charge in [-0.1, -0.05) is 0 Å². The Bertz CT molecular complexity index is 523. The predicted octanol–water partition coefficient (Wildman–Crippen LogP) is 1.23. The van der Waals surface area contributed by atoms with E-state index in [0.717, 1.165) is 9.26 Å². The molecule has 0 radical (unpaired) electrons. The molecule has 6 heteroatoms. The first-order chi connectivity index (χ1) is 7.70. The topological polar surface area (TPSA) is 59.8 Å². The van der Waals surface area contributed by atoms with Crippen molar-refractivity contribution >= 4 is 28.5 Å². The molecule has 1 N–H and O–H groups in total. The zero-order valence-electron chi connectivity index (χ0n) is 8.51. The van der Waals surface area contributed by atoms with Gasteiger partial charge in [0.2, 0.25) is 0 Å². The predicted molar refractivity (Wildman–Crippen MR) is 67.5 cm³/mol. The molecule has 0 aliphatic heterocycles. The molecule has 2 aromatic rings. The lowest BCUT2D eigenvalue weighted by atomic mass is 10.3. The Morgan fingerprint density at radius 1 is 1.56 bits per heavy atom. The molecule has 0 spiro atoms. The Morgan fingerprint density at radius 3 is 3.00 bits per heavy atom. The van der Waals surface area contributed by atoms with Gasteiger partial charge >= 0.3 is 0 Å². The van der Waals surface area contributed by atoms with Crippen LogP contribution in [-0.4, -0.2) is 27.7 Å². The molecule has 0 atom stereocenters. The summed E-state index contributed by atoms with van der Waals surface area (Å²) < 4.78 is 2.74. The third-order valence-electron chi connectivity index (χ3n) is 2.02. The van der Waals surface area contributed by atoms with Gasteiger partial charge in [-0.05, 0) is 34.7 Å². The third kappa shape index (κ3) is 2.21. The third-order valence-corrected chi connectivity index (χ3v) is 2.58. The van der Waals surface area contributed by atoms with Crippen molar-refractivity contribution in [2.24, 2.45) is 0 Å². The Hall–Kier alpha value is -1.44. The molecule has 82 valence electrons. The maximum absolute atomic E-state index is 11.4. The fourth-order valence-corrected chi connectivity index (χ4v) is 1.64. The Labute approximate surface area is 106 Å². The standard InChI is InChI=1S/C10H9IN4O/c1-12-10(16)9-4-8(2-3-13-9)15-6-7(11)5-14-15/h2-6H,1H3,(H,12,16). The lowest BCUT2D eigenvalue weighted by Crippen LogP contribution is -2.19. The average molecular weight is 328 g/mol. The van der Waals surface area contributed by atoms with Crippen LogP contribution in [0.2, 0.25) is 0 Å². The van der Waals surface area contributed by atoms with Crippen molar-refractivity contribution in [3.8, 4) is 5.69 Å². The normalized spacial score (nSPS) is 10.1. The molecule has 1 amide bonds. The maximum Gasteiger partial charge on any atom is 0.269 e. The molecule has 0 fully saturated rings. The minimum Gasteiger partial charge on any atom is -0.354 e. The van der Waals surface area contributed by atoms with Crippen molar-refractivity contribution in [3.63, 3.8) is 0 Å². The number of hydrogen-bond donors (Lipinski definition) is 1. The smallest absolute Gasteiger partial charge is 0.269 e. The van der Waals surface area contributed by atoms with Crippen molar-refractivity contribution in [1.29, 1.82) is 0 Å². The lowest BCUT2D eigenvalue weighted by Gasteiger charge is -2.03. The summed E-state index contributed by atoms with van der Waals surface area (Å²) >= 11 is 2.18. The molecule has 0 bridgehead atoms. The Balaban J connectivity index is 2.39. The number of aromatic nitrogens is 3. The second-order valence-corrected chi connectivity index (χ2v) is 4.33. The van der Waals surface area contributed by atoms with Gasteiger partial charge in [-0.2, -0.15) is 5.10 Å². The largest absolute Gasteiger partial charge is 0.354 e. The van der Waals surface area contributed by atoms with E-state index in [1.165, 1.54) is 0 Å². The number of pyridine rings is 1. The van der Waals surface area contributed by atoms with Crippen LogP contribution in [0.3, 0.4) is 0 Å². The number of nitrogens with one attached hydrogen (secondary N) is 1. The van der Waals surface area contributed by atoms with Crippen molar-refractivity contribution in [3.05, 3.63) is 40.0 Å². The summed E-state index contributed by atoms with van der Waals surface area (Å²) in [6.07, 6.45) is 5.22. The highest BCUT2D eigenvalue weighted by Crippen LogP contribution is 2.10. The maximum atomic E-state index is 11.4. The van der Waals surface area contributed by atoms with Gasteiger partial charge in [-0.25, -0.2) is 4.68 Å². The Kier molecular flexibility index (Phi) is 3.18. The Morgan fingerprint density at radius 2 is 2.38 bits per heavy atom. The number of nitrogens with zero attached hydrogens (tertiary/aromatic N) is 3. The van der Waals surface area contributed by atoms with Gasteiger partial charge in [0.05, 0.1) is 15.5 Å². The fraction of sp³-hybridized carbons (Fsp3) is 0.100. The van der Waals surface area contributed by atoms with Gasteiger partial charge < -0.3 is 5.32 Å². The van der Waals surface area contributed by atoms with E-state index in [-0.39, 0.29) is 5.91 Å². The minimum atomic E-state index is -0.205. The molecule has 2 aromatic heterocycles. The molecule has 0 saturated heterocycles. The second kappa shape index (κ2) is 4.60. The van der Waals surface area contributed by atoms with E-state index >= 15 is 0 Å². The number of rotatable bonds is 2. The molecule has 0 unspecified atom stereocenters. The summed E-state index contributed by atoms with van der Waals surface area (Å²) in [5.41, 5.74) is 1.20. The highest BCUT2D eigenvalue weighted by atomic mass is 127. The van der Waals surface area contributed by atoms with Crippen LogP contribution in [0.5, 0.6) is 0 Å². The molecule has 5 nitrogen and oxygen atoms in total. The quantitative estimate of drug-likeness (QED) is 0.844. The van der Waals surface area contributed by atoms with E-state index < -0.39 is 0 Å². The van der Waals surface area contributed by atoms with Crippen molar-refractivity contribution in [2.75, 3.05) is 7.05 Å². The van der Waals surface area contributed by atoms with Crippen molar-refractivity contribution < 1.29 is 4.79 Å². The summed E-state index contributed by atoms with van der Waals surface area (Å²) in [6, 6.07) is 3.50. The second-order valence-electron chi connectivity index (χ2n) is 3.08. The fourth-order valence-electron chi connectivity index (χ4n) is 1.26. The first-order valence-electron chi connectivity index (χ1n) is 4.59. The van der Waals surface area contributed by atoms with Crippen LogP contribution in [0.25, 0.3) is 5.69 Å². The molecule has 0 saturated carbocycles. The minimum absolute atomic E-state index is 0.205. The number of hydrogen-bond acceptors (Lipinski definition) is 3. The number of carbonyl (C=O) groups excluding carboxylic acids is 1. The van der Waals surface area contributed by atoms with Gasteiger partial charge in [-0.3, -0.25) is 9.78 Å². The van der Waals surface area contributed by atoms with Gasteiger partial charge in [-0.15, -0.1) is 0 Å². The first kappa shape index (κ1) is 11.1. The van der Waals surface area contributed by atoms with Crippen LogP contribution < -0.4 is 5.32 Å². The summed E-state index contributed by atoms with van der Waals surface area (Å²) in [4.78, 5) is 15.4. The van der Waals surface area contributed by atoms with Crippen LogP contribution in [-0.2, 0) is 0 Å². The van der Waals surface area contributed by atoms with E-state index in [1.807, 2.05) is 6.20 Å². The summed E-state index contributed by atoms with van der Waals surface area (Å²) in [6.45, 7) is 0. The number of halogens is 1. The molecule has 2 heterocycles. The zero-order chi connectivity index (χ0) is 11.5. The summed E-state index contributed by atoms with van der Waals surface area (Å²) in [5, 5.41) is 6.69. The average Bonchev–Trinajstić information content (AvgIpc) is 2.75. The lowest BCUT2D eigenvalue weighted by molar-refractivity contribution is 0.0958. The van der Waals surface area contributed by atoms with Crippen molar-refractivity contribution in [1.82, 2.24) is 20.1 Å². The van der Waals surface area contributed by atoms with E-state index in [0.29, 0.717) is 5.69 Å². The molecule has 0 aromatic carbocycles. The van der Waals surface area contributed by atoms with Crippen LogP contribution >= 0.6 is 22.6 Å². The molecule has 0 aliphatic carbocycles. The van der Waals surface area contributed by atoms with E-state index in [4.69, 9.17) is 0 Å².